The quantitative estimate of drug-likeness (QED) is 0.398. The van der Waals surface area contributed by atoms with E-state index < -0.39 is 7.32 Å². The van der Waals surface area contributed by atoms with Crippen LogP contribution in [0.1, 0.15) is 83.1 Å². The molecule has 0 fully saturated rings. The van der Waals surface area contributed by atoms with Gasteiger partial charge in [-0.15, -0.1) is 0 Å². The topological polar surface area (TPSA) is 27.7 Å². The first-order valence-corrected chi connectivity index (χ1v) is 10.3. The third-order valence-corrected chi connectivity index (χ3v) is 4.75. The average molecular weight is 356 g/mol. The molecule has 0 heterocycles. The second-order valence-electron chi connectivity index (χ2n) is 9.55. The number of hydrogen-bond acceptors (Lipinski definition) is 3. The lowest BCUT2D eigenvalue weighted by molar-refractivity contribution is -0.0517. The van der Waals surface area contributed by atoms with Crippen LogP contribution >= 0.6 is 0 Å². The molecule has 0 unspecified atom stereocenters. The fourth-order valence-corrected chi connectivity index (χ4v) is 3.73. The maximum absolute atomic E-state index is 6.39. The van der Waals surface area contributed by atoms with E-state index in [-0.39, 0.29) is 18.3 Å². The summed E-state index contributed by atoms with van der Waals surface area (Å²) in [6.45, 7) is 26.4. The van der Waals surface area contributed by atoms with Gasteiger partial charge in [0.05, 0.1) is 0 Å². The summed E-state index contributed by atoms with van der Waals surface area (Å²) in [6.07, 6.45) is 0.347. The Bertz CT molecular complexity index is 264. The van der Waals surface area contributed by atoms with E-state index in [1.807, 2.05) is 0 Å². The molecule has 0 aliphatic rings. The Labute approximate surface area is 158 Å². The van der Waals surface area contributed by atoms with Crippen LogP contribution in [0.25, 0.3) is 0 Å². The van der Waals surface area contributed by atoms with Crippen molar-refractivity contribution in [1.82, 2.24) is 0 Å². The maximum Gasteiger partial charge on any atom is 0.640 e. The molecule has 4 heteroatoms. The van der Waals surface area contributed by atoms with Gasteiger partial charge in [-0.3, -0.25) is 0 Å². The molecule has 0 aromatic rings. The Balaban J connectivity index is 5.40. The van der Waals surface area contributed by atoms with Gasteiger partial charge in [0.1, 0.15) is 0 Å². The van der Waals surface area contributed by atoms with Crippen molar-refractivity contribution < 1.29 is 14.0 Å². The fourth-order valence-electron chi connectivity index (χ4n) is 3.73. The zero-order valence-electron chi connectivity index (χ0n) is 19.0. The lowest BCUT2D eigenvalue weighted by Gasteiger charge is -2.35. The molecule has 0 radical (unpaired) electrons. The molecule has 0 aliphatic carbocycles. The Morgan fingerprint density at radius 3 is 0.640 bits per heavy atom. The fraction of sp³-hybridized carbons (Fsp3) is 1.00. The van der Waals surface area contributed by atoms with E-state index in [1.165, 1.54) is 0 Å². The van der Waals surface area contributed by atoms with Gasteiger partial charge in [-0.1, -0.05) is 83.1 Å². The molecule has 0 rings (SSSR count). The lowest BCUT2D eigenvalue weighted by atomic mass is 9.91. The molecule has 0 amide bonds. The highest BCUT2D eigenvalue weighted by Crippen LogP contribution is 2.25. The SMILES string of the molecule is CC(C)C(OB(OC(C(C)C)C(C)C)OC(C(C)C)C(C)C)C(C)C. The Morgan fingerprint density at radius 2 is 0.520 bits per heavy atom. The van der Waals surface area contributed by atoms with Gasteiger partial charge in [0.25, 0.3) is 0 Å². The van der Waals surface area contributed by atoms with Gasteiger partial charge in [0, 0.05) is 18.3 Å². The minimum atomic E-state index is -0.612. The van der Waals surface area contributed by atoms with E-state index in [2.05, 4.69) is 83.1 Å². The van der Waals surface area contributed by atoms with Crippen LogP contribution in [-0.2, 0) is 14.0 Å². The highest BCUT2D eigenvalue weighted by Gasteiger charge is 2.37. The van der Waals surface area contributed by atoms with Crippen molar-refractivity contribution in [2.45, 2.75) is 101 Å². The van der Waals surface area contributed by atoms with Crippen LogP contribution in [-0.4, -0.2) is 25.6 Å². The van der Waals surface area contributed by atoms with Crippen molar-refractivity contribution in [3.63, 3.8) is 0 Å². The highest BCUT2D eigenvalue weighted by atomic mass is 16.7. The van der Waals surface area contributed by atoms with Crippen molar-refractivity contribution in [2.24, 2.45) is 35.5 Å². The monoisotopic (exact) mass is 356 g/mol. The third-order valence-electron chi connectivity index (χ3n) is 4.75. The molecule has 0 aliphatic heterocycles. The van der Waals surface area contributed by atoms with E-state index in [1.54, 1.807) is 0 Å². The van der Waals surface area contributed by atoms with E-state index in [4.69, 9.17) is 14.0 Å². The van der Waals surface area contributed by atoms with Crippen LogP contribution in [0.4, 0.5) is 0 Å². The predicted octanol–water partition coefficient (Wildman–Crippen LogP) is 6.06. The normalized spacial score (nSPS) is 13.3. The molecule has 25 heavy (non-hydrogen) atoms. The van der Waals surface area contributed by atoms with Crippen LogP contribution in [0.15, 0.2) is 0 Å². The van der Waals surface area contributed by atoms with E-state index in [0.717, 1.165) is 0 Å². The first-order valence-electron chi connectivity index (χ1n) is 10.3. The summed E-state index contributed by atoms with van der Waals surface area (Å²) in [5.41, 5.74) is 0. The van der Waals surface area contributed by atoms with Crippen LogP contribution in [0.5, 0.6) is 0 Å². The first kappa shape index (κ1) is 24.9. The summed E-state index contributed by atoms with van der Waals surface area (Å²) >= 11 is 0. The average Bonchev–Trinajstić information content (AvgIpc) is 2.43. The molecular formula is C21H45BO3. The largest absolute Gasteiger partial charge is 0.640 e. The van der Waals surface area contributed by atoms with Gasteiger partial charge < -0.3 is 14.0 Å². The molecule has 0 spiro atoms. The minimum absolute atomic E-state index is 0.116. The first-order chi connectivity index (χ1) is 11.4. The predicted molar refractivity (Wildman–Crippen MR) is 109 cm³/mol. The molecule has 0 aromatic carbocycles. The summed E-state index contributed by atoms with van der Waals surface area (Å²) in [7, 11) is -0.612. The summed E-state index contributed by atoms with van der Waals surface area (Å²) in [6, 6.07) is 0. The third kappa shape index (κ3) is 8.92. The molecule has 0 aromatic heterocycles. The van der Waals surface area contributed by atoms with Crippen molar-refractivity contribution in [1.29, 1.82) is 0 Å². The van der Waals surface area contributed by atoms with Gasteiger partial charge in [0.2, 0.25) is 0 Å². The van der Waals surface area contributed by atoms with Gasteiger partial charge in [0.15, 0.2) is 0 Å². The van der Waals surface area contributed by atoms with Crippen molar-refractivity contribution in [3.8, 4) is 0 Å². The second-order valence-corrected chi connectivity index (χ2v) is 9.55. The minimum Gasteiger partial charge on any atom is -0.383 e. The van der Waals surface area contributed by atoms with Crippen LogP contribution < -0.4 is 0 Å². The van der Waals surface area contributed by atoms with Crippen LogP contribution in [0, 0.1) is 35.5 Å². The maximum atomic E-state index is 6.39. The molecule has 0 atom stereocenters. The summed E-state index contributed by atoms with van der Waals surface area (Å²) in [4.78, 5) is 0. The van der Waals surface area contributed by atoms with Crippen molar-refractivity contribution >= 4 is 7.32 Å². The van der Waals surface area contributed by atoms with Gasteiger partial charge >= 0.3 is 7.32 Å². The smallest absolute Gasteiger partial charge is 0.383 e. The van der Waals surface area contributed by atoms with Crippen LogP contribution in [0.2, 0.25) is 0 Å². The molecule has 0 bridgehead atoms. The highest BCUT2D eigenvalue weighted by molar-refractivity contribution is 6.36. The standard InChI is InChI=1S/C21H45BO3/c1-13(2)19(14(3)4)23-22(24-20(15(5)6)16(7)8)25-21(17(9)10)18(11)12/h13-21H,1-12H3. The summed E-state index contributed by atoms with van der Waals surface area (Å²) in [5, 5.41) is 0. The molecule has 150 valence electrons. The molecule has 0 saturated carbocycles. The number of hydrogen-bond donors (Lipinski definition) is 0. The van der Waals surface area contributed by atoms with Crippen molar-refractivity contribution in [3.05, 3.63) is 0 Å². The molecule has 3 nitrogen and oxygen atoms in total. The molecule has 0 saturated heterocycles. The Morgan fingerprint density at radius 1 is 0.360 bits per heavy atom. The van der Waals surface area contributed by atoms with E-state index >= 15 is 0 Å². The lowest BCUT2D eigenvalue weighted by Crippen LogP contribution is -2.45. The van der Waals surface area contributed by atoms with Gasteiger partial charge in [-0.2, -0.15) is 0 Å². The zero-order valence-corrected chi connectivity index (χ0v) is 19.0. The number of rotatable bonds is 12. The van der Waals surface area contributed by atoms with Crippen LogP contribution in [0.3, 0.4) is 0 Å². The summed E-state index contributed by atoms with van der Waals surface area (Å²) in [5.74, 6) is 2.52. The van der Waals surface area contributed by atoms with E-state index in [0.29, 0.717) is 35.5 Å². The Hall–Kier alpha value is -0.0551. The molecular weight excluding hydrogens is 311 g/mol. The second kappa shape index (κ2) is 11.6. The van der Waals surface area contributed by atoms with E-state index in [9.17, 15) is 0 Å². The summed E-state index contributed by atoms with van der Waals surface area (Å²) < 4.78 is 19.2. The molecule has 0 N–H and O–H groups in total. The zero-order chi connectivity index (χ0) is 19.9. The van der Waals surface area contributed by atoms with Crippen molar-refractivity contribution in [2.75, 3.05) is 0 Å². The van der Waals surface area contributed by atoms with Gasteiger partial charge in [-0.05, 0) is 35.5 Å². The Kier molecular flexibility index (Phi) is 11.6. The van der Waals surface area contributed by atoms with Gasteiger partial charge in [-0.25, -0.2) is 0 Å².